The lowest BCUT2D eigenvalue weighted by molar-refractivity contribution is -0.138. The number of nitrogens with one attached hydrogen (secondary N) is 2. The number of hydrogen-bond donors (Lipinski definition) is 2. The van der Waals surface area contributed by atoms with Crippen LogP contribution in [0, 0.1) is 5.82 Å². The van der Waals surface area contributed by atoms with Crippen LogP contribution in [0.25, 0.3) is 0 Å². The standard InChI is InChI=1S/C23H25F4N3O/c24-20-12-16(11-19(13-20)23(25,26)27)5-6-29-21(31)22(30-9-7-28-8-10-30)14-17-3-1-2-4-18(17)15-22/h1-4,11-13,28H,5-10,14-15H2,(H,29,31). The Morgan fingerprint density at radius 3 is 2.32 bits per heavy atom. The molecule has 0 bridgehead atoms. The zero-order valence-corrected chi connectivity index (χ0v) is 17.1. The predicted octanol–water partition coefficient (Wildman–Crippen LogP) is 2.95. The largest absolute Gasteiger partial charge is 0.416 e. The lowest BCUT2D eigenvalue weighted by Crippen LogP contribution is -2.64. The van der Waals surface area contributed by atoms with Gasteiger partial charge in [-0.1, -0.05) is 24.3 Å². The molecule has 1 fully saturated rings. The zero-order chi connectivity index (χ0) is 22.1. The Morgan fingerprint density at radius 2 is 1.71 bits per heavy atom. The third-order valence-electron chi connectivity index (χ3n) is 6.21. The van der Waals surface area contributed by atoms with Crippen molar-refractivity contribution in [2.24, 2.45) is 0 Å². The molecule has 0 unspecified atom stereocenters. The van der Waals surface area contributed by atoms with Crippen LogP contribution in [0.15, 0.2) is 42.5 Å². The SMILES string of the molecule is O=C(NCCc1cc(F)cc(C(F)(F)F)c1)C1(N2CCNCC2)Cc2ccccc2C1. The maximum absolute atomic E-state index is 13.6. The van der Waals surface area contributed by atoms with Gasteiger partial charge in [-0.3, -0.25) is 9.69 Å². The van der Waals surface area contributed by atoms with Gasteiger partial charge in [0.25, 0.3) is 0 Å². The van der Waals surface area contributed by atoms with E-state index in [1.54, 1.807) is 0 Å². The zero-order valence-electron chi connectivity index (χ0n) is 17.1. The van der Waals surface area contributed by atoms with Crippen molar-refractivity contribution in [1.82, 2.24) is 15.5 Å². The highest BCUT2D eigenvalue weighted by Gasteiger charge is 2.48. The Kier molecular flexibility index (Phi) is 6.03. The van der Waals surface area contributed by atoms with Crippen molar-refractivity contribution in [2.75, 3.05) is 32.7 Å². The minimum Gasteiger partial charge on any atom is -0.354 e. The van der Waals surface area contributed by atoms with E-state index in [2.05, 4.69) is 15.5 Å². The summed E-state index contributed by atoms with van der Waals surface area (Å²) in [5.74, 6) is -1.06. The van der Waals surface area contributed by atoms with Gasteiger partial charge in [0.15, 0.2) is 0 Å². The topological polar surface area (TPSA) is 44.4 Å². The van der Waals surface area contributed by atoms with Crippen molar-refractivity contribution >= 4 is 5.91 Å². The van der Waals surface area contributed by atoms with E-state index >= 15 is 0 Å². The first kappa shape index (κ1) is 21.8. The summed E-state index contributed by atoms with van der Waals surface area (Å²) < 4.78 is 52.5. The Bertz CT molecular complexity index is 929. The molecular weight excluding hydrogens is 410 g/mol. The highest BCUT2D eigenvalue weighted by molar-refractivity contribution is 5.88. The van der Waals surface area contributed by atoms with Crippen molar-refractivity contribution in [3.05, 3.63) is 70.5 Å². The van der Waals surface area contributed by atoms with Gasteiger partial charge in [0, 0.05) is 45.6 Å². The lowest BCUT2D eigenvalue weighted by atomic mass is 9.91. The molecule has 2 aromatic rings. The molecule has 4 nitrogen and oxygen atoms in total. The summed E-state index contributed by atoms with van der Waals surface area (Å²) in [5, 5.41) is 6.22. The molecule has 0 atom stereocenters. The Hall–Kier alpha value is -2.45. The van der Waals surface area contributed by atoms with Gasteiger partial charge < -0.3 is 10.6 Å². The molecule has 0 spiro atoms. The molecule has 0 aromatic heterocycles. The Labute approximate surface area is 178 Å². The molecule has 8 heteroatoms. The van der Waals surface area contributed by atoms with Crippen molar-refractivity contribution in [3.63, 3.8) is 0 Å². The molecule has 31 heavy (non-hydrogen) atoms. The first-order chi connectivity index (χ1) is 14.8. The van der Waals surface area contributed by atoms with Crippen LogP contribution in [0.3, 0.4) is 0 Å². The molecule has 1 saturated heterocycles. The fraction of sp³-hybridized carbons (Fsp3) is 0.435. The van der Waals surface area contributed by atoms with Crippen LogP contribution < -0.4 is 10.6 Å². The van der Waals surface area contributed by atoms with Gasteiger partial charge in [-0.05, 0) is 41.3 Å². The number of fused-ring (bicyclic) bond motifs is 1. The maximum atomic E-state index is 13.6. The van der Waals surface area contributed by atoms with Crippen molar-refractivity contribution in [3.8, 4) is 0 Å². The van der Waals surface area contributed by atoms with Crippen LogP contribution >= 0.6 is 0 Å². The fourth-order valence-corrected chi connectivity index (χ4v) is 4.66. The number of carbonyl (C=O) groups excluding carboxylic acids is 1. The Morgan fingerprint density at radius 1 is 1.06 bits per heavy atom. The average Bonchev–Trinajstić information content (AvgIpc) is 3.14. The van der Waals surface area contributed by atoms with Gasteiger partial charge in [0.1, 0.15) is 11.4 Å². The molecule has 2 N–H and O–H groups in total. The van der Waals surface area contributed by atoms with Gasteiger partial charge in [0.05, 0.1) is 5.56 Å². The van der Waals surface area contributed by atoms with Crippen molar-refractivity contribution < 1.29 is 22.4 Å². The van der Waals surface area contributed by atoms with E-state index in [1.165, 1.54) is 0 Å². The number of halogens is 4. The lowest BCUT2D eigenvalue weighted by Gasteiger charge is -2.42. The average molecular weight is 435 g/mol. The molecule has 1 aliphatic carbocycles. The second-order valence-corrected chi connectivity index (χ2v) is 8.24. The van der Waals surface area contributed by atoms with Crippen LogP contribution in [0.2, 0.25) is 0 Å². The van der Waals surface area contributed by atoms with E-state index in [0.717, 1.165) is 49.4 Å². The first-order valence-corrected chi connectivity index (χ1v) is 10.5. The number of hydrogen-bond acceptors (Lipinski definition) is 3. The van der Waals surface area contributed by atoms with Gasteiger partial charge in [0.2, 0.25) is 5.91 Å². The maximum Gasteiger partial charge on any atom is 0.416 e. The van der Waals surface area contributed by atoms with E-state index in [0.29, 0.717) is 18.9 Å². The molecule has 1 amide bonds. The quantitative estimate of drug-likeness (QED) is 0.710. The van der Waals surface area contributed by atoms with E-state index in [4.69, 9.17) is 0 Å². The number of alkyl halides is 3. The highest BCUT2D eigenvalue weighted by atomic mass is 19.4. The molecule has 2 aliphatic rings. The summed E-state index contributed by atoms with van der Waals surface area (Å²) in [5.41, 5.74) is 0.786. The number of benzene rings is 2. The normalized spacial score (nSPS) is 18.6. The van der Waals surface area contributed by atoms with Crippen molar-refractivity contribution in [2.45, 2.75) is 31.0 Å². The number of piperazine rings is 1. The smallest absolute Gasteiger partial charge is 0.354 e. The van der Waals surface area contributed by atoms with E-state index in [1.807, 2.05) is 24.3 Å². The number of rotatable bonds is 5. The molecular formula is C23H25F4N3O. The van der Waals surface area contributed by atoms with Gasteiger partial charge in [-0.2, -0.15) is 13.2 Å². The minimum absolute atomic E-state index is 0.122. The molecule has 166 valence electrons. The monoisotopic (exact) mass is 435 g/mol. The van der Waals surface area contributed by atoms with E-state index in [9.17, 15) is 22.4 Å². The van der Waals surface area contributed by atoms with Crippen LogP contribution in [0.4, 0.5) is 17.6 Å². The number of nitrogens with zero attached hydrogens (tertiary/aromatic N) is 1. The first-order valence-electron chi connectivity index (χ1n) is 10.5. The second kappa shape index (κ2) is 8.59. The third kappa shape index (κ3) is 4.60. The van der Waals surface area contributed by atoms with E-state index < -0.39 is 23.1 Å². The van der Waals surface area contributed by atoms with Crippen LogP contribution in [0.5, 0.6) is 0 Å². The summed E-state index contributed by atoms with van der Waals surface area (Å²) in [6, 6.07) is 10.5. The van der Waals surface area contributed by atoms with Crippen LogP contribution in [-0.2, 0) is 30.2 Å². The Balaban J connectivity index is 1.47. The van der Waals surface area contributed by atoms with Gasteiger partial charge >= 0.3 is 6.18 Å². The minimum atomic E-state index is -4.61. The van der Waals surface area contributed by atoms with Gasteiger partial charge in [-0.15, -0.1) is 0 Å². The third-order valence-corrected chi connectivity index (χ3v) is 6.21. The molecule has 1 aliphatic heterocycles. The molecule has 0 radical (unpaired) electrons. The van der Waals surface area contributed by atoms with E-state index in [-0.39, 0.29) is 24.4 Å². The summed E-state index contributed by atoms with van der Waals surface area (Å²) in [6.45, 7) is 3.24. The fourth-order valence-electron chi connectivity index (χ4n) is 4.66. The van der Waals surface area contributed by atoms with Gasteiger partial charge in [-0.25, -0.2) is 4.39 Å². The molecule has 1 heterocycles. The highest BCUT2D eigenvalue weighted by Crippen LogP contribution is 2.35. The molecule has 0 saturated carbocycles. The second-order valence-electron chi connectivity index (χ2n) is 8.24. The van der Waals surface area contributed by atoms with Crippen LogP contribution in [-0.4, -0.2) is 49.1 Å². The number of amides is 1. The number of carbonyl (C=O) groups is 1. The summed E-state index contributed by atoms with van der Waals surface area (Å²) >= 11 is 0. The van der Waals surface area contributed by atoms with Crippen LogP contribution in [0.1, 0.15) is 22.3 Å². The molecule has 2 aromatic carbocycles. The molecule has 4 rings (SSSR count). The summed E-state index contributed by atoms with van der Waals surface area (Å²) in [4.78, 5) is 15.6. The summed E-state index contributed by atoms with van der Waals surface area (Å²) in [6.07, 6.45) is -3.28. The predicted molar refractivity (Wildman–Crippen MR) is 109 cm³/mol. The summed E-state index contributed by atoms with van der Waals surface area (Å²) in [7, 11) is 0. The van der Waals surface area contributed by atoms with Crippen molar-refractivity contribution in [1.29, 1.82) is 0 Å².